The third kappa shape index (κ3) is 1.16. The number of nitrogens with one attached hydrogen (secondary N) is 1. The van der Waals surface area contributed by atoms with Crippen LogP contribution in [0.15, 0.2) is 0 Å². The first-order valence-electron chi connectivity index (χ1n) is 2.68. The van der Waals surface area contributed by atoms with Crippen LogP contribution in [0, 0.1) is 10.1 Å². The Morgan fingerprint density at radius 3 is 2.78 bits per heavy atom. The summed E-state index contributed by atoms with van der Waals surface area (Å²) in [5.41, 5.74) is 0. The molecule has 1 heterocycles. The summed E-state index contributed by atoms with van der Waals surface area (Å²) in [4.78, 5) is 9.64. The Bertz CT molecular complexity index is 165. The van der Waals surface area contributed by atoms with Gasteiger partial charge in [-0.1, -0.05) is 5.10 Å². The summed E-state index contributed by atoms with van der Waals surface area (Å²) in [6, 6.07) is 0. The Morgan fingerprint density at radius 2 is 2.56 bits per heavy atom. The van der Waals surface area contributed by atoms with Crippen LogP contribution in [0.2, 0.25) is 0 Å². The van der Waals surface area contributed by atoms with E-state index in [-0.39, 0.29) is 10.8 Å². The maximum atomic E-state index is 10.0. The van der Waals surface area contributed by atoms with Gasteiger partial charge in [0.15, 0.2) is 0 Å². The fourth-order valence-corrected chi connectivity index (χ4v) is 0.738. The van der Waals surface area contributed by atoms with Gasteiger partial charge in [-0.2, -0.15) is 5.01 Å². The lowest BCUT2D eigenvalue weighted by atomic mass is 10.4. The maximum Gasteiger partial charge on any atom is 0.498 e. The molecule has 0 aromatic rings. The van der Waals surface area contributed by atoms with E-state index in [9.17, 15) is 10.1 Å². The lowest BCUT2D eigenvalue weighted by Gasteiger charge is -1.91. The summed E-state index contributed by atoms with van der Waals surface area (Å²) in [7, 11) is 1.77. The van der Waals surface area contributed by atoms with Crippen molar-refractivity contribution in [1.82, 2.24) is 5.01 Å². The number of rotatable bonds is 0. The SMILES string of the molecule is CN1CCC([N+](=O)[O-])=[NH+]1. The minimum absolute atomic E-state index is 0.192. The molecule has 0 amide bonds. The van der Waals surface area contributed by atoms with Crippen molar-refractivity contribution >= 4 is 5.84 Å². The van der Waals surface area contributed by atoms with Gasteiger partial charge < -0.3 is 0 Å². The van der Waals surface area contributed by atoms with Crippen molar-refractivity contribution in [2.24, 2.45) is 0 Å². The molecule has 9 heavy (non-hydrogen) atoms. The van der Waals surface area contributed by atoms with Crippen molar-refractivity contribution in [1.29, 1.82) is 0 Å². The number of nitro groups is 1. The van der Waals surface area contributed by atoms with E-state index in [0.29, 0.717) is 6.42 Å². The molecule has 0 fully saturated rings. The van der Waals surface area contributed by atoms with Gasteiger partial charge in [0.05, 0.1) is 13.6 Å². The van der Waals surface area contributed by atoms with Gasteiger partial charge in [0.1, 0.15) is 11.3 Å². The average molecular weight is 130 g/mol. The Morgan fingerprint density at radius 1 is 1.89 bits per heavy atom. The molecule has 5 heteroatoms. The molecule has 0 aromatic carbocycles. The predicted octanol–water partition coefficient (Wildman–Crippen LogP) is -2.01. The zero-order valence-corrected chi connectivity index (χ0v) is 5.13. The van der Waals surface area contributed by atoms with Crippen LogP contribution in [0.4, 0.5) is 0 Å². The Kier molecular flexibility index (Phi) is 1.33. The van der Waals surface area contributed by atoms with E-state index >= 15 is 0 Å². The highest BCUT2D eigenvalue weighted by atomic mass is 16.6. The van der Waals surface area contributed by atoms with Crippen LogP contribution in [-0.2, 0) is 0 Å². The molecule has 0 bridgehead atoms. The van der Waals surface area contributed by atoms with E-state index < -0.39 is 0 Å². The number of hydrogen-bond donors (Lipinski definition) is 1. The molecule has 0 spiro atoms. The molecule has 1 rings (SSSR count). The molecule has 1 N–H and O–H groups in total. The summed E-state index contributed by atoms with van der Waals surface area (Å²) < 4.78 is 0. The minimum Gasteiger partial charge on any atom is -0.254 e. The molecular weight excluding hydrogens is 122 g/mol. The van der Waals surface area contributed by atoms with E-state index in [2.05, 4.69) is 5.10 Å². The van der Waals surface area contributed by atoms with Crippen LogP contribution in [0.5, 0.6) is 0 Å². The smallest absolute Gasteiger partial charge is 0.254 e. The second kappa shape index (κ2) is 2.00. The van der Waals surface area contributed by atoms with E-state index in [4.69, 9.17) is 0 Å². The zero-order chi connectivity index (χ0) is 6.85. The minimum atomic E-state index is -0.385. The highest BCUT2D eigenvalue weighted by molar-refractivity contribution is 5.68. The summed E-state index contributed by atoms with van der Waals surface area (Å²) in [5.74, 6) is 0.192. The maximum absolute atomic E-state index is 10.0. The summed E-state index contributed by atoms with van der Waals surface area (Å²) in [6.07, 6.45) is 0.517. The van der Waals surface area contributed by atoms with Gasteiger partial charge >= 0.3 is 5.84 Å². The van der Waals surface area contributed by atoms with Crippen LogP contribution in [0.25, 0.3) is 0 Å². The van der Waals surface area contributed by atoms with Crippen molar-refractivity contribution in [3.63, 3.8) is 0 Å². The normalized spacial score (nSPS) is 17.9. The monoisotopic (exact) mass is 130 g/mol. The van der Waals surface area contributed by atoms with Crippen LogP contribution in [-0.4, -0.2) is 29.4 Å². The molecule has 1 aliphatic rings. The van der Waals surface area contributed by atoms with Crippen molar-refractivity contribution in [2.75, 3.05) is 13.6 Å². The molecule has 5 nitrogen and oxygen atoms in total. The Labute approximate surface area is 52.1 Å². The standard InChI is InChI=1S/C4H7N3O2/c1-6-3-2-4(5-6)7(8)9/h2-3H2,1H3/p+1. The third-order valence-electron chi connectivity index (χ3n) is 1.22. The highest BCUT2D eigenvalue weighted by Gasteiger charge is 2.28. The van der Waals surface area contributed by atoms with E-state index in [1.165, 1.54) is 0 Å². The highest BCUT2D eigenvalue weighted by Crippen LogP contribution is 1.86. The number of hydrogen-bond acceptors (Lipinski definition) is 3. The van der Waals surface area contributed by atoms with E-state index in [1.807, 2.05) is 0 Å². The molecular formula is C4H8N3O2+. The van der Waals surface area contributed by atoms with E-state index in [0.717, 1.165) is 6.54 Å². The molecule has 0 saturated carbocycles. The molecule has 0 aliphatic carbocycles. The average Bonchev–Trinajstić information content (AvgIpc) is 2.14. The number of hydrazone groups is 1. The lowest BCUT2D eigenvalue weighted by molar-refractivity contribution is -0.655. The Hall–Kier alpha value is -1.13. The second-order valence-corrected chi connectivity index (χ2v) is 1.99. The summed E-state index contributed by atoms with van der Waals surface area (Å²) in [6.45, 7) is 0.719. The number of hydrazine groups is 1. The predicted molar refractivity (Wildman–Crippen MR) is 30.2 cm³/mol. The van der Waals surface area contributed by atoms with Crippen LogP contribution < -0.4 is 5.10 Å². The zero-order valence-electron chi connectivity index (χ0n) is 5.13. The molecule has 0 atom stereocenters. The van der Waals surface area contributed by atoms with Gasteiger partial charge in [-0.3, -0.25) is 10.1 Å². The van der Waals surface area contributed by atoms with Crippen LogP contribution in [0.1, 0.15) is 6.42 Å². The lowest BCUT2D eigenvalue weighted by Crippen LogP contribution is -2.79. The van der Waals surface area contributed by atoms with Gasteiger partial charge in [-0.25, -0.2) is 0 Å². The van der Waals surface area contributed by atoms with Gasteiger partial charge in [-0.15, -0.1) is 0 Å². The van der Waals surface area contributed by atoms with Crippen molar-refractivity contribution in [3.05, 3.63) is 10.1 Å². The number of nitrogens with zero attached hydrogens (tertiary/aromatic N) is 2. The third-order valence-corrected chi connectivity index (χ3v) is 1.22. The molecule has 0 saturated heterocycles. The molecule has 0 unspecified atom stereocenters. The van der Waals surface area contributed by atoms with Crippen molar-refractivity contribution in [2.45, 2.75) is 6.42 Å². The topological polar surface area (TPSA) is 60.3 Å². The van der Waals surface area contributed by atoms with Gasteiger partial charge in [0.25, 0.3) is 0 Å². The molecule has 0 aromatic heterocycles. The van der Waals surface area contributed by atoms with Gasteiger partial charge in [-0.05, 0) is 0 Å². The largest absolute Gasteiger partial charge is 0.498 e. The van der Waals surface area contributed by atoms with Gasteiger partial charge in [0.2, 0.25) is 0 Å². The molecule has 1 aliphatic heterocycles. The number of amidine groups is 1. The second-order valence-electron chi connectivity index (χ2n) is 1.99. The van der Waals surface area contributed by atoms with Gasteiger partial charge in [0, 0.05) is 0 Å². The fraction of sp³-hybridized carbons (Fsp3) is 0.750. The quantitative estimate of drug-likeness (QED) is 0.304. The first-order valence-corrected chi connectivity index (χ1v) is 2.68. The van der Waals surface area contributed by atoms with Crippen molar-refractivity contribution < 1.29 is 10.0 Å². The van der Waals surface area contributed by atoms with Crippen LogP contribution >= 0.6 is 0 Å². The summed E-state index contributed by atoms with van der Waals surface area (Å²) in [5, 5.41) is 14.3. The van der Waals surface area contributed by atoms with Crippen LogP contribution in [0.3, 0.4) is 0 Å². The van der Waals surface area contributed by atoms with Crippen molar-refractivity contribution in [3.8, 4) is 0 Å². The fourth-order valence-electron chi connectivity index (χ4n) is 0.738. The first-order chi connectivity index (χ1) is 4.20. The first kappa shape index (κ1) is 6.00. The molecule has 0 radical (unpaired) electrons. The van der Waals surface area contributed by atoms with E-state index in [1.54, 1.807) is 12.1 Å². The summed E-state index contributed by atoms with van der Waals surface area (Å²) >= 11 is 0. The Balaban J connectivity index is 2.62. The molecule has 50 valence electrons.